The highest BCUT2D eigenvalue weighted by atomic mass is 16.4. The van der Waals surface area contributed by atoms with Gasteiger partial charge in [-0.1, -0.05) is 36.4 Å². The zero-order valence-corrected chi connectivity index (χ0v) is 23.4. The summed E-state index contributed by atoms with van der Waals surface area (Å²) in [5, 5.41) is 27.9. The highest BCUT2D eigenvalue weighted by Gasteiger charge is 2.19. The van der Waals surface area contributed by atoms with Crippen LogP contribution in [0.3, 0.4) is 0 Å². The van der Waals surface area contributed by atoms with Crippen molar-refractivity contribution in [1.82, 2.24) is 19.9 Å². The molecule has 10 heteroatoms. The SMILES string of the molecule is Oc1c2cccc1c1nc3c(ccc4ccc5oc(nc5c43)c3cccc(c3O)c3nc4c(ccc5ccc6oc2nc6c54)o3)o1. The predicted molar refractivity (Wildman–Crippen MR) is 174 cm³/mol. The molecular weight excluding hydrogens is 584 g/mol. The molecule has 0 atom stereocenters. The number of para-hydroxylation sites is 2. The fraction of sp³-hybridized carbons (Fsp3) is 0. The van der Waals surface area contributed by atoms with Crippen LogP contribution in [0.25, 0.3) is 110 Å². The molecule has 10 nitrogen and oxygen atoms in total. The maximum atomic E-state index is 11.6. The third-order valence-electron chi connectivity index (χ3n) is 8.79. The van der Waals surface area contributed by atoms with Crippen molar-refractivity contribution in [1.29, 1.82) is 0 Å². The van der Waals surface area contributed by atoms with Gasteiger partial charge in [0.2, 0.25) is 22.9 Å². The minimum atomic E-state index is -0.0830. The van der Waals surface area contributed by atoms with Gasteiger partial charge in [-0.3, -0.25) is 0 Å². The largest absolute Gasteiger partial charge is 0.506 e. The van der Waals surface area contributed by atoms with Gasteiger partial charge >= 0.3 is 0 Å². The summed E-state index contributed by atoms with van der Waals surface area (Å²) >= 11 is 0. The molecule has 46 heavy (non-hydrogen) atoms. The molecule has 0 saturated heterocycles. The quantitative estimate of drug-likeness (QED) is 0.173. The van der Waals surface area contributed by atoms with Crippen molar-refractivity contribution in [2.45, 2.75) is 0 Å². The first-order valence-electron chi connectivity index (χ1n) is 14.5. The summed E-state index contributed by atoms with van der Waals surface area (Å²) in [5.74, 6) is -0.166. The summed E-state index contributed by atoms with van der Waals surface area (Å²) in [6, 6.07) is 25.5. The van der Waals surface area contributed by atoms with Crippen molar-refractivity contribution in [3.63, 3.8) is 0 Å². The Morgan fingerprint density at radius 3 is 0.935 bits per heavy atom. The Kier molecular flexibility index (Phi) is 4.16. The van der Waals surface area contributed by atoms with E-state index >= 15 is 0 Å². The van der Waals surface area contributed by atoms with E-state index < -0.39 is 0 Å². The molecule has 0 unspecified atom stereocenters. The Hall–Kier alpha value is -6.68. The number of nitrogens with zero attached hydrogens (tertiary/aromatic N) is 4. The van der Waals surface area contributed by atoms with Crippen molar-refractivity contribution in [3.8, 4) is 11.5 Å². The molecule has 0 aliphatic carbocycles. The maximum absolute atomic E-state index is 11.6. The molecule has 11 aromatic rings. The van der Waals surface area contributed by atoms with Crippen LogP contribution < -0.4 is 0 Å². The van der Waals surface area contributed by atoms with Crippen molar-refractivity contribution in [2.24, 2.45) is 0 Å². The second-order valence-electron chi connectivity index (χ2n) is 11.3. The van der Waals surface area contributed by atoms with Gasteiger partial charge in [0.25, 0.3) is 0 Å². The third kappa shape index (κ3) is 2.94. The first-order valence-corrected chi connectivity index (χ1v) is 14.5. The Labute approximate surface area is 254 Å². The average Bonchev–Trinajstić information content (AvgIpc) is 3.87. The lowest BCUT2D eigenvalue weighted by molar-refractivity contribution is 0.485. The van der Waals surface area contributed by atoms with Crippen LogP contribution in [0, 0.1) is 0 Å². The van der Waals surface area contributed by atoms with Crippen molar-refractivity contribution in [2.75, 3.05) is 0 Å². The number of aromatic hydroxyl groups is 2. The van der Waals surface area contributed by atoms with E-state index in [0.29, 0.717) is 65.9 Å². The number of phenols is 2. The number of hydrogen-bond donors (Lipinski definition) is 2. The zero-order chi connectivity index (χ0) is 30.3. The molecule has 5 heterocycles. The van der Waals surface area contributed by atoms with Crippen LogP contribution in [0.1, 0.15) is 0 Å². The molecule has 0 saturated carbocycles. The van der Waals surface area contributed by atoms with Gasteiger partial charge in [0.15, 0.2) is 22.3 Å². The molecule has 2 N–H and O–H groups in total. The van der Waals surface area contributed by atoms with E-state index in [-0.39, 0.29) is 34.4 Å². The molecule has 0 aliphatic heterocycles. The van der Waals surface area contributed by atoms with E-state index in [0.717, 1.165) is 21.5 Å². The standard InChI is InChI=1S/C36H16N4O6/c41-31-17-3-1-4-18(31)34-38-28-22(44-34)12-8-16-10-14-24-30(26(16)28)40-36(46-24)20-6-2-5-19(32(20)42)35-39-29-23(45-35)13-9-15-7-11-21-27(25(15)29)37-33(17)43-21/h1-14,41-42H. The summed E-state index contributed by atoms with van der Waals surface area (Å²) in [7, 11) is 0. The molecule has 11 rings (SSSR count). The van der Waals surface area contributed by atoms with Crippen LogP contribution in [0.4, 0.5) is 0 Å². The van der Waals surface area contributed by atoms with E-state index in [1.165, 1.54) is 0 Å². The molecule has 5 aromatic heterocycles. The minimum absolute atomic E-state index is 0.0830. The van der Waals surface area contributed by atoms with Gasteiger partial charge in [0.1, 0.15) is 33.6 Å². The first-order chi connectivity index (χ1) is 22.6. The van der Waals surface area contributed by atoms with E-state index in [1.807, 2.05) is 48.5 Å². The van der Waals surface area contributed by atoms with Gasteiger partial charge in [-0.25, -0.2) is 19.9 Å². The monoisotopic (exact) mass is 600 g/mol. The average molecular weight is 601 g/mol. The van der Waals surface area contributed by atoms with E-state index in [1.54, 1.807) is 36.4 Å². The summed E-state index contributed by atoms with van der Waals surface area (Å²) in [4.78, 5) is 19.4. The Morgan fingerprint density at radius 2 is 0.652 bits per heavy atom. The fourth-order valence-electron chi connectivity index (χ4n) is 6.61. The Balaban J connectivity index is 1.42. The van der Waals surface area contributed by atoms with E-state index in [4.69, 9.17) is 37.6 Å². The zero-order valence-electron chi connectivity index (χ0n) is 23.4. The number of oxazole rings is 4. The molecule has 216 valence electrons. The molecule has 12 bridgehead atoms. The lowest BCUT2D eigenvalue weighted by atomic mass is 10.1. The number of rotatable bonds is 0. The van der Waals surface area contributed by atoms with Crippen LogP contribution in [0.2, 0.25) is 0 Å². The predicted octanol–water partition coefficient (Wildman–Crippen LogP) is 9.14. The van der Waals surface area contributed by atoms with Crippen LogP contribution in [-0.4, -0.2) is 30.1 Å². The summed E-state index contributed by atoms with van der Waals surface area (Å²) in [6.07, 6.45) is 0. The summed E-state index contributed by atoms with van der Waals surface area (Å²) in [6.45, 7) is 0. The van der Waals surface area contributed by atoms with Gasteiger partial charge in [-0.15, -0.1) is 0 Å². The maximum Gasteiger partial charge on any atom is 0.231 e. The molecule has 0 amide bonds. The molecule has 0 aliphatic rings. The van der Waals surface area contributed by atoms with Gasteiger partial charge in [-0.05, 0) is 59.3 Å². The van der Waals surface area contributed by atoms with Crippen LogP contribution in [0.5, 0.6) is 11.5 Å². The molecular formula is C36H16N4O6. The topological polar surface area (TPSA) is 145 Å². The smallest absolute Gasteiger partial charge is 0.231 e. The van der Waals surface area contributed by atoms with E-state index in [9.17, 15) is 10.2 Å². The van der Waals surface area contributed by atoms with Gasteiger partial charge in [0.05, 0.1) is 21.5 Å². The van der Waals surface area contributed by atoms with Crippen LogP contribution in [0.15, 0.2) is 103 Å². The first kappa shape index (κ1) is 23.7. The Bertz CT molecular complexity index is 2770. The van der Waals surface area contributed by atoms with Crippen molar-refractivity contribution >= 4 is 110 Å². The molecule has 6 aromatic carbocycles. The van der Waals surface area contributed by atoms with Crippen LogP contribution >= 0.6 is 0 Å². The second kappa shape index (κ2) is 8.07. The highest BCUT2D eigenvalue weighted by Crippen LogP contribution is 2.40. The number of phenolic OH excluding ortho intramolecular Hbond substituents is 2. The lowest BCUT2D eigenvalue weighted by Gasteiger charge is -1.97. The van der Waals surface area contributed by atoms with Gasteiger partial charge in [0, 0.05) is 10.8 Å². The van der Waals surface area contributed by atoms with Crippen LogP contribution in [-0.2, 0) is 0 Å². The number of hydrogen-bond acceptors (Lipinski definition) is 10. The number of fused-ring (bicyclic) bond motifs is 12. The van der Waals surface area contributed by atoms with Crippen molar-refractivity contribution in [3.05, 3.63) is 84.9 Å². The number of aromatic nitrogens is 4. The van der Waals surface area contributed by atoms with E-state index in [2.05, 4.69) is 0 Å². The molecule has 0 fully saturated rings. The normalized spacial score (nSPS) is 12.5. The summed E-state index contributed by atoms with van der Waals surface area (Å²) < 4.78 is 24.9. The lowest BCUT2D eigenvalue weighted by Crippen LogP contribution is -1.80. The van der Waals surface area contributed by atoms with Gasteiger partial charge < -0.3 is 27.9 Å². The fourth-order valence-corrected chi connectivity index (χ4v) is 6.61. The second-order valence-corrected chi connectivity index (χ2v) is 11.3. The van der Waals surface area contributed by atoms with Gasteiger partial charge in [-0.2, -0.15) is 0 Å². The Morgan fingerprint density at radius 1 is 0.370 bits per heavy atom. The summed E-state index contributed by atoms with van der Waals surface area (Å²) in [5.41, 5.74) is 5.16. The molecule has 0 spiro atoms. The van der Waals surface area contributed by atoms with Crippen molar-refractivity contribution < 1.29 is 27.9 Å². The molecule has 0 radical (unpaired) electrons. The minimum Gasteiger partial charge on any atom is -0.506 e. The highest BCUT2D eigenvalue weighted by molar-refractivity contribution is 6.19. The third-order valence-corrected chi connectivity index (χ3v) is 8.79. The number of benzene rings is 6.